The minimum absolute atomic E-state index is 0.143. The Hall–Kier alpha value is -3.19. The molecule has 1 saturated carbocycles. The smallest absolute Gasteiger partial charge is 0.335 e. The van der Waals surface area contributed by atoms with Crippen molar-refractivity contribution in [3.63, 3.8) is 0 Å². The van der Waals surface area contributed by atoms with Crippen molar-refractivity contribution in [1.82, 2.24) is 14.4 Å². The zero-order chi connectivity index (χ0) is 28.6. The number of fused-ring (bicyclic) bond motifs is 7. The summed E-state index contributed by atoms with van der Waals surface area (Å²) in [7, 11) is 2.13. The van der Waals surface area contributed by atoms with E-state index in [0.717, 1.165) is 66.5 Å². The molecule has 216 valence electrons. The second kappa shape index (κ2) is 9.69. The van der Waals surface area contributed by atoms with Crippen molar-refractivity contribution in [1.29, 1.82) is 0 Å². The molecule has 1 aliphatic carbocycles. The maximum absolute atomic E-state index is 15.0. The van der Waals surface area contributed by atoms with E-state index in [9.17, 15) is 19.1 Å². The standard InChI is InChI=1S/C34H40FN3O3/c1-20-28-16-23(35)10-14-26(28)31-30(21-7-5-4-6-8-21)27-13-9-22(32(39)40)15-29(27)37(31)19-34(20,2)33(41)38-24-11-12-25(38)18-36(3)17-24/h9-10,13-16,20-21,24-25H,4-8,11-12,17-19H2,1-3H3,(H,39,40)/t20?,24?,25?,34-/m0/s1. The molecule has 0 spiro atoms. The molecule has 7 rings (SSSR count). The number of benzene rings is 2. The lowest BCUT2D eigenvalue weighted by Gasteiger charge is -2.45. The number of aromatic carboxylic acids is 1. The molecule has 1 amide bonds. The predicted molar refractivity (Wildman–Crippen MR) is 158 cm³/mol. The summed E-state index contributed by atoms with van der Waals surface area (Å²) in [6.07, 6.45) is 7.76. The number of amides is 1. The van der Waals surface area contributed by atoms with Gasteiger partial charge in [-0.05, 0) is 92.9 Å². The van der Waals surface area contributed by atoms with Crippen molar-refractivity contribution >= 4 is 22.8 Å². The quantitative estimate of drug-likeness (QED) is 0.393. The third kappa shape index (κ3) is 4.06. The van der Waals surface area contributed by atoms with Gasteiger partial charge in [-0.1, -0.05) is 32.3 Å². The molecule has 6 nitrogen and oxygen atoms in total. The van der Waals surface area contributed by atoms with Crippen LogP contribution in [0.25, 0.3) is 22.2 Å². The zero-order valence-corrected chi connectivity index (χ0v) is 24.3. The van der Waals surface area contributed by atoms with Gasteiger partial charge in [-0.15, -0.1) is 0 Å². The first kappa shape index (κ1) is 26.7. The van der Waals surface area contributed by atoms with E-state index >= 15 is 0 Å². The van der Waals surface area contributed by atoms with Crippen molar-refractivity contribution in [2.45, 2.75) is 89.3 Å². The van der Waals surface area contributed by atoms with Crippen LogP contribution >= 0.6 is 0 Å². The molecule has 3 unspecified atom stereocenters. The highest BCUT2D eigenvalue weighted by molar-refractivity contribution is 5.99. The van der Waals surface area contributed by atoms with Gasteiger partial charge in [0.2, 0.25) is 5.91 Å². The van der Waals surface area contributed by atoms with Gasteiger partial charge in [-0.2, -0.15) is 0 Å². The van der Waals surface area contributed by atoms with E-state index in [1.54, 1.807) is 18.2 Å². The monoisotopic (exact) mass is 557 g/mol. The normalized spacial score (nSPS) is 28.4. The molecule has 3 aromatic rings. The molecule has 41 heavy (non-hydrogen) atoms. The van der Waals surface area contributed by atoms with E-state index in [-0.39, 0.29) is 35.3 Å². The average molecular weight is 558 g/mol. The van der Waals surface area contributed by atoms with Crippen molar-refractivity contribution < 1.29 is 19.1 Å². The summed E-state index contributed by atoms with van der Waals surface area (Å²) in [5.74, 6) is -0.985. The van der Waals surface area contributed by atoms with Crippen molar-refractivity contribution in [3.8, 4) is 11.3 Å². The van der Waals surface area contributed by atoms with Crippen LogP contribution in [-0.4, -0.2) is 63.6 Å². The lowest BCUT2D eigenvalue weighted by atomic mass is 9.72. The third-order valence-corrected chi connectivity index (χ3v) is 10.9. The van der Waals surface area contributed by atoms with Gasteiger partial charge < -0.3 is 19.5 Å². The van der Waals surface area contributed by atoms with Gasteiger partial charge in [-0.25, -0.2) is 9.18 Å². The number of hydrogen-bond donors (Lipinski definition) is 1. The summed E-state index contributed by atoms with van der Waals surface area (Å²) in [6.45, 7) is 6.34. The van der Waals surface area contributed by atoms with E-state index in [0.29, 0.717) is 12.5 Å². The predicted octanol–water partition coefficient (Wildman–Crippen LogP) is 6.62. The number of halogens is 1. The highest BCUT2D eigenvalue weighted by Gasteiger charge is 2.52. The number of piperazine rings is 1. The van der Waals surface area contributed by atoms with E-state index in [2.05, 4.69) is 35.3 Å². The Kier molecular flexibility index (Phi) is 6.31. The number of nitrogens with zero attached hydrogens (tertiary/aromatic N) is 3. The fraction of sp³-hybridized carbons (Fsp3) is 0.529. The van der Waals surface area contributed by atoms with E-state index in [1.165, 1.54) is 30.9 Å². The second-order valence-electron chi connectivity index (χ2n) is 13.4. The molecule has 0 radical (unpaired) electrons. The number of rotatable bonds is 3. The van der Waals surface area contributed by atoms with Crippen LogP contribution in [0.4, 0.5) is 4.39 Å². The summed E-state index contributed by atoms with van der Waals surface area (Å²) in [5.41, 5.74) is 4.42. The zero-order valence-electron chi connectivity index (χ0n) is 24.3. The fourth-order valence-electron chi connectivity index (χ4n) is 8.68. The number of hydrogen-bond acceptors (Lipinski definition) is 3. The number of aromatic nitrogens is 1. The van der Waals surface area contributed by atoms with Crippen molar-refractivity contribution in [2.24, 2.45) is 5.41 Å². The summed E-state index contributed by atoms with van der Waals surface area (Å²) in [4.78, 5) is 31.4. The van der Waals surface area contributed by atoms with Gasteiger partial charge >= 0.3 is 5.97 Å². The SMILES string of the molecule is CC1c2cc(F)ccc2-c2c(C3CCCCC3)c3ccc(C(=O)O)cc3n2C[C@]1(C)C(=O)N1C2CCC1CN(C)C2. The van der Waals surface area contributed by atoms with E-state index < -0.39 is 11.4 Å². The van der Waals surface area contributed by atoms with Crippen LogP contribution in [0, 0.1) is 11.2 Å². The number of carbonyl (C=O) groups excluding carboxylic acids is 1. The molecular formula is C34H40FN3O3. The number of carboxylic acid groups (broad SMARTS) is 1. The first-order chi connectivity index (χ1) is 19.7. The average Bonchev–Trinajstić information content (AvgIpc) is 3.39. The fourth-order valence-corrected chi connectivity index (χ4v) is 8.68. The minimum atomic E-state index is -0.959. The van der Waals surface area contributed by atoms with Gasteiger partial charge in [0, 0.05) is 48.2 Å². The van der Waals surface area contributed by atoms with Gasteiger partial charge in [0.05, 0.1) is 16.7 Å². The summed E-state index contributed by atoms with van der Waals surface area (Å²) in [6, 6.07) is 10.9. The highest BCUT2D eigenvalue weighted by Crippen LogP contribution is 2.53. The Morgan fingerprint density at radius 2 is 1.68 bits per heavy atom. The maximum Gasteiger partial charge on any atom is 0.335 e. The molecule has 4 atom stereocenters. The first-order valence-electron chi connectivity index (χ1n) is 15.4. The molecule has 2 saturated heterocycles. The van der Waals surface area contributed by atoms with Crippen molar-refractivity contribution in [2.75, 3.05) is 20.1 Å². The van der Waals surface area contributed by atoms with Gasteiger partial charge in [-0.3, -0.25) is 4.79 Å². The summed E-state index contributed by atoms with van der Waals surface area (Å²) >= 11 is 0. The highest BCUT2D eigenvalue weighted by atomic mass is 19.1. The van der Waals surface area contributed by atoms with E-state index in [4.69, 9.17) is 0 Å². The lowest BCUT2D eigenvalue weighted by molar-refractivity contribution is -0.149. The minimum Gasteiger partial charge on any atom is -0.478 e. The Bertz CT molecular complexity index is 1540. The largest absolute Gasteiger partial charge is 0.478 e. The molecule has 2 aromatic carbocycles. The Labute approximate surface area is 241 Å². The molecule has 2 bridgehead atoms. The van der Waals surface area contributed by atoms with Crippen LogP contribution in [-0.2, 0) is 11.3 Å². The molecule has 1 N–H and O–H groups in total. The maximum atomic E-state index is 15.0. The van der Waals surface area contributed by atoms with Gasteiger partial charge in [0.1, 0.15) is 5.82 Å². The van der Waals surface area contributed by atoms with Crippen LogP contribution in [0.3, 0.4) is 0 Å². The molecule has 4 aliphatic rings. The molecule has 7 heteroatoms. The van der Waals surface area contributed by atoms with Crippen LogP contribution in [0.2, 0.25) is 0 Å². The molecule has 3 fully saturated rings. The summed E-state index contributed by atoms with van der Waals surface area (Å²) < 4.78 is 17.2. The number of likely N-dealkylation sites (tertiary alicyclic amines) is 1. The molecule has 4 heterocycles. The lowest BCUT2D eigenvalue weighted by Crippen LogP contribution is -2.59. The van der Waals surface area contributed by atoms with Crippen LogP contribution < -0.4 is 0 Å². The van der Waals surface area contributed by atoms with Crippen LogP contribution in [0.5, 0.6) is 0 Å². The molecule has 3 aliphatic heterocycles. The van der Waals surface area contributed by atoms with Crippen LogP contribution in [0.1, 0.15) is 92.1 Å². The molecule has 1 aromatic heterocycles. The Morgan fingerprint density at radius 3 is 2.37 bits per heavy atom. The van der Waals surface area contributed by atoms with E-state index in [1.807, 2.05) is 12.1 Å². The number of carboxylic acids is 1. The third-order valence-electron chi connectivity index (χ3n) is 10.9. The van der Waals surface area contributed by atoms with Crippen LogP contribution in [0.15, 0.2) is 36.4 Å². The van der Waals surface area contributed by atoms with Gasteiger partial charge in [0.15, 0.2) is 0 Å². The first-order valence-corrected chi connectivity index (χ1v) is 15.4. The molecular weight excluding hydrogens is 517 g/mol. The Balaban J connectivity index is 1.48. The number of carbonyl (C=O) groups is 2. The summed E-state index contributed by atoms with van der Waals surface area (Å²) in [5, 5.41) is 11.0. The Morgan fingerprint density at radius 1 is 0.976 bits per heavy atom. The number of likely N-dealkylation sites (N-methyl/N-ethyl adjacent to an activating group) is 1. The van der Waals surface area contributed by atoms with Crippen molar-refractivity contribution in [3.05, 3.63) is 58.9 Å². The topological polar surface area (TPSA) is 65.8 Å². The van der Waals surface area contributed by atoms with Gasteiger partial charge in [0.25, 0.3) is 0 Å². The second-order valence-corrected chi connectivity index (χ2v) is 13.4.